The normalized spacial score (nSPS) is 15.5. The van der Waals surface area contributed by atoms with Gasteiger partial charge in [0.1, 0.15) is 17.3 Å². The van der Waals surface area contributed by atoms with Crippen molar-refractivity contribution in [1.29, 1.82) is 0 Å². The Kier molecular flexibility index (Phi) is 6.63. The number of aryl methyl sites for hydroxylation is 4. The van der Waals surface area contributed by atoms with Crippen molar-refractivity contribution in [2.24, 2.45) is 13.0 Å². The van der Waals surface area contributed by atoms with Crippen LogP contribution in [0.2, 0.25) is 0 Å². The fourth-order valence-electron chi connectivity index (χ4n) is 5.63. The number of rotatable bonds is 8. The smallest absolute Gasteiger partial charge is 0.306 e. The Morgan fingerprint density at radius 3 is 2.54 bits per heavy atom. The predicted octanol–water partition coefficient (Wildman–Crippen LogP) is 6.04. The first kappa shape index (κ1) is 24.8. The lowest BCUT2D eigenvalue weighted by Crippen LogP contribution is -2.17. The van der Waals surface area contributed by atoms with Gasteiger partial charge in [0.2, 0.25) is 0 Å². The molecule has 0 aliphatic heterocycles. The number of fused-ring (bicyclic) bond motifs is 1. The standard InChI is InChI=1S/C30H33N3O4/c1-17(30(34)35)25-12-10-23-16-24(11-13-26(23)25)36-15-14-27-18(2)31-29(33(27)5)22-8-6-21(7-9-22)28-19(3)32-37-20(28)4/h6-9,11,13,16-17,25H,10,12,14-15H2,1-5H3,(H,34,35). The van der Waals surface area contributed by atoms with Gasteiger partial charge in [-0.3, -0.25) is 4.79 Å². The van der Waals surface area contributed by atoms with E-state index in [1.807, 2.05) is 40.0 Å². The molecule has 0 spiro atoms. The third-order valence-electron chi connectivity index (χ3n) is 7.72. The molecule has 7 nitrogen and oxygen atoms in total. The number of carboxylic acids is 1. The average molecular weight is 500 g/mol. The first-order chi connectivity index (χ1) is 17.7. The zero-order valence-electron chi connectivity index (χ0n) is 22.0. The van der Waals surface area contributed by atoms with E-state index in [9.17, 15) is 9.90 Å². The van der Waals surface area contributed by atoms with Gasteiger partial charge in [-0.25, -0.2) is 4.98 Å². The first-order valence-electron chi connectivity index (χ1n) is 12.8. The Morgan fingerprint density at radius 1 is 1.14 bits per heavy atom. The second kappa shape index (κ2) is 9.88. The summed E-state index contributed by atoms with van der Waals surface area (Å²) in [5.41, 5.74) is 8.55. The minimum absolute atomic E-state index is 0.0792. The van der Waals surface area contributed by atoms with Gasteiger partial charge in [-0.05, 0) is 68.4 Å². The molecule has 5 rings (SSSR count). The van der Waals surface area contributed by atoms with Crippen LogP contribution in [-0.4, -0.2) is 32.4 Å². The second-order valence-electron chi connectivity index (χ2n) is 10.0. The minimum Gasteiger partial charge on any atom is -0.493 e. The minimum atomic E-state index is -0.736. The van der Waals surface area contributed by atoms with Crippen LogP contribution in [0.5, 0.6) is 5.75 Å². The number of imidazole rings is 1. The Hall–Kier alpha value is -3.87. The summed E-state index contributed by atoms with van der Waals surface area (Å²) in [6, 6.07) is 14.4. The van der Waals surface area contributed by atoms with Crippen molar-refractivity contribution in [1.82, 2.24) is 14.7 Å². The van der Waals surface area contributed by atoms with Crippen LogP contribution in [0.1, 0.15) is 53.2 Å². The van der Waals surface area contributed by atoms with Gasteiger partial charge in [-0.1, -0.05) is 42.4 Å². The summed E-state index contributed by atoms with van der Waals surface area (Å²) in [5.74, 6) is 1.54. The molecule has 2 aromatic heterocycles. The van der Waals surface area contributed by atoms with Crippen molar-refractivity contribution in [3.8, 4) is 28.3 Å². The molecule has 0 fully saturated rings. The van der Waals surface area contributed by atoms with Crippen molar-refractivity contribution >= 4 is 5.97 Å². The van der Waals surface area contributed by atoms with Crippen LogP contribution in [-0.2, 0) is 24.7 Å². The monoisotopic (exact) mass is 499 g/mol. The summed E-state index contributed by atoms with van der Waals surface area (Å²) in [5, 5.41) is 13.5. The number of benzene rings is 2. The number of hydrogen-bond donors (Lipinski definition) is 1. The van der Waals surface area contributed by atoms with Gasteiger partial charge in [0.05, 0.1) is 23.9 Å². The van der Waals surface area contributed by atoms with Crippen LogP contribution in [0.4, 0.5) is 0 Å². The molecule has 2 atom stereocenters. The fourth-order valence-corrected chi connectivity index (χ4v) is 5.63. The van der Waals surface area contributed by atoms with E-state index in [1.165, 1.54) is 5.56 Å². The third kappa shape index (κ3) is 4.66. The van der Waals surface area contributed by atoms with Gasteiger partial charge < -0.3 is 18.9 Å². The van der Waals surface area contributed by atoms with Gasteiger partial charge in [0.15, 0.2) is 0 Å². The molecule has 7 heteroatoms. The average Bonchev–Trinajstić information content (AvgIpc) is 3.54. The number of carboxylic acid groups (broad SMARTS) is 1. The van der Waals surface area contributed by atoms with E-state index in [2.05, 4.69) is 40.1 Å². The Morgan fingerprint density at radius 2 is 1.86 bits per heavy atom. The summed E-state index contributed by atoms with van der Waals surface area (Å²) >= 11 is 0. The molecular weight excluding hydrogens is 466 g/mol. The Balaban J connectivity index is 1.26. The highest BCUT2D eigenvalue weighted by atomic mass is 16.5. The lowest BCUT2D eigenvalue weighted by molar-refractivity contribution is -0.141. The highest BCUT2D eigenvalue weighted by molar-refractivity contribution is 5.72. The van der Waals surface area contributed by atoms with Crippen LogP contribution in [0.15, 0.2) is 47.0 Å². The Bertz CT molecular complexity index is 1430. The van der Waals surface area contributed by atoms with E-state index >= 15 is 0 Å². The molecule has 4 aromatic rings. The van der Waals surface area contributed by atoms with E-state index in [0.717, 1.165) is 75.9 Å². The molecule has 0 saturated carbocycles. The van der Waals surface area contributed by atoms with Gasteiger partial charge in [0.25, 0.3) is 0 Å². The van der Waals surface area contributed by atoms with Gasteiger partial charge in [-0.15, -0.1) is 0 Å². The third-order valence-corrected chi connectivity index (χ3v) is 7.72. The summed E-state index contributed by atoms with van der Waals surface area (Å²) in [6.07, 6.45) is 2.51. The molecule has 1 aliphatic carbocycles. The highest BCUT2D eigenvalue weighted by Gasteiger charge is 2.31. The molecule has 37 heavy (non-hydrogen) atoms. The van der Waals surface area contributed by atoms with Gasteiger partial charge in [0, 0.05) is 30.3 Å². The molecule has 1 N–H and O–H groups in total. The van der Waals surface area contributed by atoms with Crippen molar-refractivity contribution in [2.75, 3.05) is 6.61 Å². The SMILES string of the molecule is Cc1noc(C)c1-c1ccc(-c2nc(C)c(CCOc3ccc4c(c3)CCC4C(C)C(=O)O)n2C)cc1. The molecular formula is C30H33N3O4. The summed E-state index contributed by atoms with van der Waals surface area (Å²) in [6.45, 7) is 8.26. The van der Waals surface area contributed by atoms with Crippen molar-refractivity contribution in [2.45, 2.75) is 52.9 Å². The molecule has 0 radical (unpaired) electrons. The van der Waals surface area contributed by atoms with E-state index in [4.69, 9.17) is 14.2 Å². The summed E-state index contributed by atoms with van der Waals surface area (Å²) in [4.78, 5) is 16.3. The number of aromatic nitrogens is 3. The fraction of sp³-hybridized carbons (Fsp3) is 0.367. The maximum absolute atomic E-state index is 11.4. The van der Waals surface area contributed by atoms with Crippen LogP contribution >= 0.6 is 0 Å². The first-order valence-corrected chi connectivity index (χ1v) is 12.8. The van der Waals surface area contributed by atoms with Crippen molar-refractivity contribution in [3.63, 3.8) is 0 Å². The topological polar surface area (TPSA) is 90.4 Å². The van der Waals surface area contributed by atoms with Crippen LogP contribution in [0, 0.1) is 26.7 Å². The molecule has 2 unspecified atom stereocenters. The number of nitrogens with zero attached hydrogens (tertiary/aromatic N) is 3. The highest BCUT2D eigenvalue weighted by Crippen LogP contribution is 2.40. The molecule has 0 amide bonds. The van der Waals surface area contributed by atoms with E-state index < -0.39 is 5.97 Å². The lowest BCUT2D eigenvalue weighted by Gasteiger charge is -2.16. The van der Waals surface area contributed by atoms with Crippen LogP contribution in [0.25, 0.3) is 22.5 Å². The van der Waals surface area contributed by atoms with Crippen molar-refractivity contribution in [3.05, 3.63) is 76.4 Å². The molecule has 0 saturated heterocycles. The number of aliphatic carboxylic acids is 1. The van der Waals surface area contributed by atoms with Gasteiger partial charge in [-0.2, -0.15) is 0 Å². The number of ether oxygens (including phenoxy) is 1. The zero-order chi connectivity index (χ0) is 26.3. The Labute approximate surface area is 217 Å². The molecule has 2 heterocycles. The maximum Gasteiger partial charge on any atom is 0.306 e. The van der Waals surface area contributed by atoms with E-state index in [1.54, 1.807) is 6.92 Å². The zero-order valence-corrected chi connectivity index (χ0v) is 22.0. The molecule has 1 aliphatic rings. The number of hydrogen-bond acceptors (Lipinski definition) is 5. The quantitative estimate of drug-likeness (QED) is 0.318. The van der Waals surface area contributed by atoms with E-state index in [0.29, 0.717) is 6.61 Å². The van der Waals surface area contributed by atoms with Crippen LogP contribution < -0.4 is 4.74 Å². The summed E-state index contributed by atoms with van der Waals surface area (Å²) < 4.78 is 13.6. The predicted molar refractivity (Wildman–Crippen MR) is 142 cm³/mol. The van der Waals surface area contributed by atoms with Crippen LogP contribution in [0.3, 0.4) is 0 Å². The molecule has 0 bridgehead atoms. The van der Waals surface area contributed by atoms with Crippen molar-refractivity contribution < 1.29 is 19.2 Å². The number of carbonyl (C=O) groups is 1. The van der Waals surface area contributed by atoms with Gasteiger partial charge >= 0.3 is 5.97 Å². The second-order valence-corrected chi connectivity index (χ2v) is 10.0. The molecule has 192 valence electrons. The molecule has 2 aromatic carbocycles. The lowest BCUT2D eigenvalue weighted by atomic mass is 9.89. The summed E-state index contributed by atoms with van der Waals surface area (Å²) in [7, 11) is 2.05. The van der Waals surface area contributed by atoms with E-state index in [-0.39, 0.29) is 11.8 Å². The largest absolute Gasteiger partial charge is 0.493 e. The maximum atomic E-state index is 11.4.